The highest BCUT2D eigenvalue weighted by molar-refractivity contribution is 7.94. The molecule has 2 N–H and O–H groups in total. The van der Waals surface area contributed by atoms with Gasteiger partial charge in [-0.1, -0.05) is 13.8 Å². The molecule has 2 aromatic rings. The summed E-state index contributed by atoms with van der Waals surface area (Å²) in [5, 5.41) is -0.538. The van der Waals surface area contributed by atoms with E-state index in [1.807, 2.05) is 0 Å². The molecule has 0 aromatic carbocycles. The molecule has 2 aromatic heterocycles. The average molecular weight is 386 g/mol. The summed E-state index contributed by atoms with van der Waals surface area (Å²) in [6, 6.07) is 2.70. The topological polar surface area (TPSA) is 133 Å². The summed E-state index contributed by atoms with van der Waals surface area (Å²) in [6.07, 6.45) is 1.21. The van der Waals surface area contributed by atoms with Gasteiger partial charge in [0.1, 0.15) is 4.90 Å². The molecule has 0 spiro atoms. The number of carbonyl (C=O) groups is 2. The van der Waals surface area contributed by atoms with Gasteiger partial charge < -0.3 is 10.1 Å². The SMILES string of the molecule is CCS(=O)(=O)c1c(C(N)=O)c2ccc(C(C)=O)cn2c1S(=O)(=O)CC. The number of sulfone groups is 2. The van der Waals surface area contributed by atoms with Crippen LogP contribution < -0.4 is 5.73 Å². The molecule has 0 saturated heterocycles. The van der Waals surface area contributed by atoms with E-state index in [2.05, 4.69) is 0 Å². The van der Waals surface area contributed by atoms with Crippen LogP contribution in [0.2, 0.25) is 0 Å². The molecule has 0 fully saturated rings. The first-order valence-corrected chi connectivity index (χ1v) is 10.7. The van der Waals surface area contributed by atoms with Crippen LogP contribution in [0.4, 0.5) is 0 Å². The first-order valence-electron chi connectivity index (χ1n) is 7.42. The molecule has 0 saturated carbocycles. The number of amides is 1. The zero-order chi connectivity index (χ0) is 19.2. The van der Waals surface area contributed by atoms with Crippen molar-refractivity contribution in [2.24, 2.45) is 5.73 Å². The van der Waals surface area contributed by atoms with E-state index in [1.165, 1.54) is 39.1 Å². The van der Waals surface area contributed by atoms with E-state index in [0.29, 0.717) is 0 Å². The van der Waals surface area contributed by atoms with E-state index < -0.39 is 41.3 Å². The van der Waals surface area contributed by atoms with Crippen LogP contribution in [0.1, 0.15) is 41.5 Å². The second-order valence-electron chi connectivity index (χ2n) is 5.41. The number of carbonyl (C=O) groups excluding carboxylic acids is 2. The molecule has 8 nitrogen and oxygen atoms in total. The van der Waals surface area contributed by atoms with Gasteiger partial charge in [-0.05, 0) is 19.1 Å². The lowest BCUT2D eigenvalue weighted by Gasteiger charge is -2.07. The highest BCUT2D eigenvalue weighted by atomic mass is 32.2. The maximum absolute atomic E-state index is 12.6. The largest absolute Gasteiger partial charge is 0.365 e. The number of fused-ring (bicyclic) bond motifs is 1. The number of pyridine rings is 1. The fourth-order valence-electron chi connectivity index (χ4n) is 2.51. The molecule has 0 aliphatic carbocycles. The van der Waals surface area contributed by atoms with Crippen molar-refractivity contribution in [2.75, 3.05) is 11.5 Å². The molecule has 0 radical (unpaired) electrons. The molecule has 10 heteroatoms. The minimum atomic E-state index is -4.08. The van der Waals surface area contributed by atoms with Gasteiger partial charge in [0.15, 0.2) is 30.5 Å². The van der Waals surface area contributed by atoms with Crippen molar-refractivity contribution >= 4 is 36.9 Å². The van der Waals surface area contributed by atoms with Crippen LogP contribution in [0.25, 0.3) is 5.52 Å². The fraction of sp³-hybridized carbons (Fsp3) is 0.333. The molecule has 0 bridgehead atoms. The smallest absolute Gasteiger partial charge is 0.252 e. The van der Waals surface area contributed by atoms with Gasteiger partial charge in [0.05, 0.1) is 22.6 Å². The number of hydrogen-bond donors (Lipinski definition) is 1. The van der Waals surface area contributed by atoms with Crippen molar-refractivity contribution in [1.29, 1.82) is 0 Å². The van der Waals surface area contributed by atoms with Crippen LogP contribution in [0, 0.1) is 0 Å². The average Bonchev–Trinajstić information content (AvgIpc) is 2.90. The Morgan fingerprint density at radius 3 is 2.04 bits per heavy atom. The maximum atomic E-state index is 12.6. The Morgan fingerprint density at radius 2 is 1.60 bits per heavy atom. The second kappa shape index (κ2) is 6.26. The highest BCUT2D eigenvalue weighted by Crippen LogP contribution is 2.33. The van der Waals surface area contributed by atoms with Crippen molar-refractivity contribution in [3.63, 3.8) is 0 Å². The Hall–Kier alpha value is -2.20. The molecule has 0 aliphatic rings. The summed E-state index contributed by atoms with van der Waals surface area (Å²) in [5.41, 5.74) is 5.16. The van der Waals surface area contributed by atoms with Crippen LogP contribution in [-0.2, 0) is 19.7 Å². The van der Waals surface area contributed by atoms with Gasteiger partial charge in [0.25, 0.3) is 5.91 Å². The zero-order valence-corrected chi connectivity index (χ0v) is 15.6. The van der Waals surface area contributed by atoms with Crippen LogP contribution in [0.15, 0.2) is 28.3 Å². The van der Waals surface area contributed by atoms with E-state index in [0.717, 1.165) is 4.40 Å². The number of primary amides is 1. The van der Waals surface area contributed by atoms with Crippen molar-refractivity contribution in [2.45, 2.75) is 30.7 Å². The summed E-state index contributed by atoms with van der Waals surface area (Å²) in [4.78, 5) is 22.9. The number of hydrogen-bond acceptors (Lipinski definition) is 6. The van der Waals surface area contributed by atoms with Gasteiger partial charge in [0, 0.05) is 11.8 Å². The summed E-state index contributed by atoms with van der Waals surface area (Å²) in [5.74, 6) is -2.18. The predicted molar refractivity (Wildman–Crippen MR) is 91.4 cm³/mol. The Kier molecular flexibility index (Phi) is 4.79. The van der Waals surface area contributed by atoms with Gasteiger partial charge in [0.2, 0.25) is 0 Å². The van der Waals surface area contributed by atoms with Gasteiger partial charge in [-0.15, -0.1) is 0 Å². The molecule has 1 amide bonds. The molecule has 0 unspecified atom stereocenters. The standard InChI is InChI=1S/C15H18N2O6S2/c1-4-24(20,21)13-12(14(16)19)11-7-6-10(9(3)18)8-17(11)15(13)25(22,23)5-2/h6-8H,4-5H2,1-3H3,(H2,16,19). The molecule has 0 atom stereocenters. The third kappa shape index (κ3) is 3.07. The van der Waals surface area contributed by atoms with Gasteiger partial charge in [-0.2, -0.15) is 0 Å². The van der Waals surface area contributed by atoms with Crippen LogP contribution in [0.3, 0.4) is 0 Å². The molecular formula is C15H18N2O6S2. The van der Waals surface area contributed by atoms with Crippen LogP contribution in [-0.4, -0.2) is 44.4 Å². The number of ketones is 1. The highest BCUT2D eigenvalue weighted by Gasteiger charge is 2.35. The first kappa shape index (κ1) is 19.1. The van der Waals surface area contributed by atoms with E-state index in [9.17, 15) is 26.4 Å². The van der Waals surface area contributed by atoms with Gasteiger partial charge in [-0.25, -0.2) is 16.8 Å². The Morgan fingerprint density at radius 1 is 1.04 bits per heavy atom. The molecule has 2 rings (SSSR count). The molecular weight excluding hydrogens is 368 g/mol. The minimum Gasteiger partial charge on any atom is -0.365 e. The third-order valence-corrected chi connectivity index (χ3v) is 7.52. The number of aromatic nitrogens is 1. The normalized spacial score (nSPS) is 12.4. The fourth-order valence-corrected chi connectivity index (χ4v) is 5.55. The lowest BCUT2D eigenvalue weighted by atomic mass is 10.2. The Balaban J connectivity index is 3.22. The van der Waals surface area contributed by atoms with Crippen molar-refractivity contribution < 1.29 is 26.4 Å². The molecule has 0 aliphatic heterocycles. The Labute approximate surface area is 145 Å². The second-order valence-corrected chi connectivity index (χ2v) is 9.82. The van der Waals surface area contributed by atoms with E-state index in [1.54, 1.807) is 0 Å². The summed E-state index contributed by atoms with van der Waals surface area (Å²) in [7, 11) is -8.12. The van der Waals surface area contributed by atoms with E-state index in [-0.39, 0.29) is 28.2 Å². The summed E-state index contributed by atoms with van der Waals surface area (Å²) < 4.78 is 51.3. The molecule has 25 heavy (non-hydrogen) atoms. The monoisotopic (exact) mass is 386 g/mol. The predicted octanol–water partition coefficient (Wildman–Crippen LogP) is 0.828. The molecule has 136 valence electrons. The van der Waals surface area contributed by atoms with E-state index in [4.69, 9.17) is 5.73 Å². The quantitative estimate of drug-likeness (QED) is 0.731. The number of Topliss-reactive ketones (excluding diaryl/α,β-unsaturated/α-hetero) is 1. The van der Waals surface area contributed by atoms with Gasteiger partial charge >= 0.3 is 0 Å². The lowest BCUT2D eigenvalue weighted by Crippen LogP contribution is -2.18. The van der Waals surface area contributed by atoms with Crippen LogP contribution in [0.5, 0.6) is 0 Å². The summed E-state index contributed by atoms with van der Waals surface area (Å²) >= 11 is 0. The summed E-state index contributed by atoms with van der Waals surface area (Å²) in [6.45, 7) is 3.99. The van der Waals surface area contributed by atoms with Crippen molar-refractivity contribution in [3.05, 3.63) is 29.5 Å². The number of rotatable bonds is 6. The zero-order valence-electron chi connectivity index (χ0n) is 13.9. The van der Waals surface area contributed by atoms with Crippen LogP contribution >= 0.6 is 0 Å². The third-order valence-electron chi connectivity index (χ3n) is 3.86. The minimum absolute atomic E-state index is 0.0246. The Bertz CT molecular complexity index is 1090. The van der Waals surface area contributed by atoms with E-state index >= 15 is 0 Å². The van der Waals surface area contributed by atoms with Crippen molar-refractivity contribution in [3.8, 4) is 0 Å². The number of nitrogens with zero attached hydrogens (tertiary/aromatic N) is 1. The lowest BCUT2D eigenvalue weighted by molar-refractivity contribution is 0.0995. The van der Waals surface area contributed by atoms with Gasteiger partial charge in [-0.3, -0.25) is 9.59 Å². The number of nitrogens with two attached hydrogens (primary N) is 1. The molecule has 2 heterocycles. The maximum Gasteiger partial charge on any atom is 0.252 e. The first-order chi connectivity index (χ1) is 11.5. The van der Waals surface area contributed by atoms with Crippen molar-refractivity contribution in [1.82, 2.24) is 4.40 Å².